The van der Waals surface area contributed by atoms with E-state index in [9.17, 15) is 9.59 Å². The highest BCUT2D eigenvalue weighted by Gasteiger charge is 2.35. The molecule has 1 aromatic rings. The molecule has 29 heavy (non-hydrogen) atoms. The lowest BCUT2D eigenvalue weighted by Crippen LogP contribution is -2.47. The summed E-state index contributed by atoms with van der Waals surface area (Å²) < 4.78 is 16.9. The number of hydrogen-bond donors (Lipinski definition) is 2. The van der Waals surface area contributed by atoms with Crippen LogP contribution in [0.3, 0.4) is 0 Å². The first kappa shape index (κ1) is 22.6. The van der Waals surface area contributed by atoms with Crippen LogP contribution < -0.4 is 20.1 Å². The zero-order valence-corrected chi connectivity index (χ0v) is 18.0. The van der Waals surface area contributed by atoms with Gasteiger partial charge in [-0.25, -0.2) is 9.59 Å². The number of nitrogens with one attached hydrogen (secondary N) is 2. The van der Waals surface area contributed by atoms with Crippen LogP contribution in [0.25, 0.3) is 0 Å². The Kier molecular flexibility index (Phi) is 8.36. The zero-order chi connectivity index (χ0) is 21.4. The van der Waals surface area contributed by atoms with Gasteiger partial charge in [-0.3, -0.25) is 0 Å². The molecule has 0 radical (unpaired) electrons. The van der Waals surface area contributed by atoms with Crippen LogP contribution in [-0.4, -0.2) is 31.8 Å². The second kappa shape index (κ2) is 10.7. The van der Waals surface area contributed by atoms with Crippen molar-refractivity contribution in [2.45, 2.75) is 53.5 Å². The van der Waals surface area contributed by atoms with E-state index in [2.05, 4.69) is 17.6 Å². The molecule has 7 nitrogen and oxygen atoms in total. The summed E-state index contributed by atoms with van der Waals surface area (Å²) in [5.74, 6) is 0.735. The van der Waals surface area contributed by atoms with E-state index < -0.39 is 12.0 Å². The summed E-state index contributed by atoms with van der Waals surface area (Å²) in [5, 5.41) is 5.61. The van der Waals surface area contributed by atoms with Crippen LogP contribution in [0.15, 0.2) is 29.5 Å². The first-order valence-corrected chi connectivity index (χ1v) is 10.3. The first-order valence-electron chi connectivity index (χ1n) is 10.3. The minimum atomic E-state index is -0.635. The van der Waals surface area contributed by atoms with Gasteiger partial charge in [0.15, 0.2) is 11.5 Å². The molecule has 0 saturated carbocycles. The molecule has 2 rings (SSSR count). The molecule has 2 amide bonds. The Morgan fingerprint density at radius 3 is 2.48 bits per heavy atom. The lowest BCUT2D eigenvalue weighted by Gasteiger charge is -2.31. The first-order chi connectivity index (χ1) is 13.9. The van der Waals surface area contributed by atoms with Gasteiger partial charge >= 0.3 is 12.0 Å². The quantitative estimate of drug-likeness (QED) is 0.453. The molecule has 7 heteroatoms. The number of benzene rings is 1. The molecule has 1 unspecified atom stereocenters. The largest absolute Gasteiger partial charge is 0.490 e. The summed E-state index contributed by atoms with van der Waals surface area (Å²) in [7, 11) is 0. The highest BCUT2D eigenvalue weighted by atomic mass is 16.5. The summed E-state index contributed by atoms with van der Waals surface area (Å²) in [6.07, 6.45) is 1.99. The topological polar surface area (TPSA) is 85.9 Å². The van der Waals surface area contributed by atoms with Crippen LogP contribution in [0.5, 0.6) is 11.5 Å². The van der Waals surface area contributed by atoms with Crippen LogP contribution in [-0.2, 0) is 9.53 Å². The van der Waals surface area contributed by atoms with Gasteiger partial charge < -0.3 is 24.8 Å². The van der Waals surface area contributed by atoms with E-state index in [1.165, 1.54) is 0 Å². The minimum absolute atomic E-state index is 0.0500. The average molecular weight is 405 g/mol. The van der Waals surface area contributed by atoms with Crippen molar-refractivity contribution in [2.75, 3.05) is 19.8 Å². The van der Waals surface area contributed by atoms with Crippen LogP contribution >= 0.6 is 0 Å². The van der Waals surface area contributed by atoms with Crippen molar-refractivity contribution >= 4 is 12.0 Å². The summed E-state index contributed by atoms with van der Waals surface area (Å²) in [5.41, 5.74) is 1.70. The van der Waals surface area contributed by atoms with Gasteiger partial charge in [-0.15, -0.1) is 0 Å². The Hall–Kier alpha value is -2.70. The standard InChI is InChI=1S/C22H32N2O5/c1-6-9-12-29-16-11-10-15(13-17(16)27-7-2)20-18(21(25)28-8-3)19(14(4)5)23-22(26)24-20/h10-11,13-14,20H,6-9,12H2,1-5H3,(H2,23,24,26). The van der Waals surface area contributed by atoms with Gasteiger partial charge in [-0.1, -0.05) is 33.3 Å². The number of amides is 2. The van der Waals surface area contributed by atoms with Crippen molar-refractivity contribution < 1.29 is 23.8 Å². The van der Waals surface area contributed by atoms with Crippen LogP contribution in [0.1, 0.15) is 59.1 Å². The Balaban J connectivity index is 2.47. The molecule has 1 aliphatic rings. The molecule has 0 fully saturated rings. The number of carbonyl (C=O) groups excluding carboxylic acids is 2. The SMILES string of the molecule is CCCCOc1ccc(C2NC(=O)NC(C(C)C)=C2C(=O)OCC)cc1OCC. The highest BCUT2D eigenvalue weighted by Crippen LogP contribution is 2.36. The molecule has 1 aromatic carbocycles. The second-order valence-electron chi connectivity index (χ2n) is 7.08. The Morgan fingerprint density at radius 2 is 1.86 bits per heavy atom. The number of esters is 1. The van der Waals surface area contributed by atoms with Gasteiger partial charge in [0, 0.05) is 5.70 Å². The van der Waals surface area contributed by atoms with E-state index >= 15 is 0 Å². The van der Waals surface area contributed by atoms with Crippen molar-refractivity contribution in [2.24, 2.45) is 5.92 Å². The maximum Gasteiger partial charge on any atom is 0.338 e. The Bertz CT molecular complexity index is 758. The maximum atomic E-state index is 12.7. The van der Waals surface area contributed by atoms with E-state index in [4.69, 9.17) is 14.2 Å². The van der Waals surface area contributed by atoms with Crippen LogP contribution in [0.2, 0.25) is 0 Å². The Morgan fingerprint density at radius 1 is 1.10 bits per heavy atom. The summed E-state index contributed by atoms with van der Waals surface area (Å²) >= 11 is 0. The fourth-order valence-corrected chi connectivity index (χ4v) is 3.14. The smallest absolute Gasteiger partial charge is 0.338 e. The molecular formula is C22H32N2O5. The predicted molar refractivity (Wildman–Crippen MR) is 111 cm³/mol. The molecule has 0 aliphatic carbocycles. The number of urea groups is 1. The molecule has 0 aromatic heterocycles. The lowest BCUT2D eigenvalue weighted by molar-refractivity contribution is -0.139. The average Bonchev–Trinajstić information content (AvgIpc) is 2.68. The number of carbonyl (C=O) groups is 2. The van der Waals surface area contributed by atoms with Gasteiger partial charge in [0.2, 0.25) is 0 Å². The van der Waals surface area contributed by atoms with E-state index in [-0.39, 0.29) is 18.6 Å². The third-order valence-corrected chi connectivity index (χ3v) is 4.53. The van der Waals surface area contributed by atoms with E-state index in [1.807, 2.05) is 39.0 Å². The van der Waals surface area contributed by atoms with Crippen molar-refractivity contribution in [3.8, 4) is 11.5 Å². The number of unbranched alkanes of at least 4 members (excludes halogenated alkanes) is 1. The van der Waals surface area contributed by atoms with Gasteiger partial charge in [0.1, 0.15) is 0 Å². The molecule has 160 valence electrons. The van der Waals surface area contributed by atoms with Crippen molar-refractivity contribution in [1.82, 2.24) is 10.6 Å². The predicted octanol–water partition coefficient (Wildman–Crippen LogP) is 4.09. The lowest BCUT2D eigenvalue weighted by atomic mass is 9.91. The summed E-state index contributed by atoms with van der Waals surface area (Å²) in [6, 6.07) is 4.49. The van der Waals surface area contributed by atoms with Gasteiger partial charge in [0.05, 0.1) is 31.4 Å². The number of allylic oxidation sites excluding steroid dienone is 1. The summed E-state index contributed by atoms with van der Waals surface area (Å²) in [4.78, 5) is 25.0. The normalized spacial score (nSPS) is 16.3. The van der Waals surface area contributed by atoms with Gasteiger partial charge in [-0.05, 0) is 43.9 Å². The Labute approximate surface area is 172 Å². The number of rotatable bonds is 10. The van der Waals surface area contributed by atoms with Crippen molar-refractivity contribution in [3.05, 3.63) is 35.0 Å². The van der Waals surface area contributed by atoms with E-state index in [0.717, 1.165) is 18.4 Å². The second-order valence-corrected chi connectivity index (χ2v) is 7.08. The highest BCUT2D eigenvalue weighted by molar-refractivity contribution is 5.95. The number of ether oxygens (including phenoxy) is 3. The molecule has 0 spiro atoms. The molecule has 1 aliphatic heterocycles. The summed E-state index contributed by atoms with van der Waals surface area (Å²) in [6.45, 7) is 10.9. The molecule has 0 saturated heterocycles. The monoisotopic (exact) mass is 404 g/mol. The third kappa shape index (κ3) is 5.65. The minimum Gasteiger partial charge on any atom is -0.490 e. The fourth-order valence-electron chi connectivity index (χ4n) is 3.14. The van der Waals surface area contributed by atoms with Gasteiger partial charge in [-0.2, -0.15) is 0 Å². The van der Waals surface area contributed by atoms with Gasteiger partial charge in [0.25, 0.3) is 0 Å². The zero-order valence-electron chi connectivity index (χ0n) is 18.0. The van der Waals surface area contributed by atoms with Crippen LogP contribution in [0.4, 0.5) is 4.79 Å². The molecular weight excluding hydrogens is 372 g/mol. The van der Waals surface area contributed by atoms with E-state index in [0.29, 0.717) is 36.0 Å². The third-order valence-electron chi connectivity index (χ3n) is 4.53. The number of hydrogen-bond acceptors (Lipinski definition) is 5. The van der Waals surface area contributed by atoms with Crippen molar-refractivity contribution in [1.29, 1.82) is 0 Å². The molecule has 1 heterocycles. The maximum absolute atomic E-state index is 12.7. The molecule has 2 N–H and O–H groups in total. The van der Waals surface area contributed by atoms with Crippen LogP contribution in [0, 0.1) is 5.92 Å². The van der Waals surface area contributed by atoms with E-state index in [1.54, 1.807) is 6.92 Å². The fraction of sp³-hybridized carbons (Fsp3) is 0.545. The van der Waals surface area contributed by atoms with Crippen molar-refractivity contribution in [3.63, 3.8) is 0 Å². The molecule has 0 bridgehead atoms. The molecule has 1 atom stereocenters.